The lowest BCUT2D eigenvalue weighted by molar-refractivity contribution is -0.238. The minimum atomic E-state index is -2.88. The lowest BCUT2D eigenvalue weighted by atomic mass is 10.1. The van der Waals surface area contributed by atoms with E-state index < -0.39 is 49.2 Å². The van der Waals surface area contributed by atoms with Gasteiger partial charge in [0.25, 0.3) is 0 Å². The Morgan fingerprint density at radius 1 is 1.00 bits per heavy atom. The van der Waals surface area contributed by atoms with Crippen LogP contribution in [0.2, 0.25) is 0 Å². The maximum atomic E-state index is 14.3. The smallest absolute Gasteiger partial charge is 0.190 e. The van der Waals surface area contributed by atoms with Crippen molar-refractivity contribution in [1.82, 2.24) is 0 Å². The van der Waals surface area contributed by atoms with E-state index >= 15 is 0 Å². The summed E-state index contributed by atoms with van der Waals surface area (Å²) in [7, 11) is -1.24. The quantitative estimate of drug-likeness (QED) is 0.611. The van der Waals surface area contributed by atoms with E-state index in [-0.39, 0.29) is 12.2 Å². The van der Waals surface area contributed by atoms with Crippen LogP contribution < -0.4 is 5.30 Å². The molecule has 0 N–H and O–H groups in total. The van der Waals surface area contributed by atoms with Gasteiger partial charge in [0.05, 0.1) is 12.7 Å². The van der Waals surface area contributed by atoms with E-state index in [1.165, 1.54) is 0 Å². The lowest BCUT2D eigenvalue weighted by Crippen LogP contribution is -2.47. The van der Waals surface area contributed by atoms with Crippen molar-refractivity contribution in [2.75, 3.05) is 19.9 Å². The Morgan fingerprint density at radius 2 is 1.75 bits per heavy atom. The lowest BCUT2D eigenvalue weighted by Gasteiger charge is -2.33. The van der Waals surface area contributed by atoms with Gasteiger partial charge in [-0.15, -0.1) is 0 Å². The van der Waals surface area contributed by atoms with E-state index in [0.29, 0.717) is 19.2 Å². The Kier molecular flexibility index (Phi) is 5.83. The van der Waals surface area contributed by atoms with Crippen molar-refractivity contribution < 1.29 is 37.7 Å². The van der Waals surface area contributed by atoms with Gasteiger partial charge in [0.1, 0.15) is 37.4 Å². The zero-order valence-corrected chi connectivity index (χ0v) is 20.2. The monoisotopic (exact) mass is 468 g/mol. The van der Waals surface area contributed by atoms with Crippen LogP contribution in [-0.4, -0.2) is 74.1 Å². The SMILES string of the molecule is CO[C@H]1CC[P@](=O)(c2ccccc2)[C@@H]1O[C@@H]1[C@H]2OC(C)(C)O[C@H]2O[C@@H]1[C@H]1COC(C)(C)O1. The first-order valence-electron chi connectivity index (χ1n) is 11.3. The second kappa shape index (κ2) is 8.14. The molecule has 4 saturated heterocycles. The number of hydrogen-bond donors (Lipinski definition) is 0. The van der Waals surface area contributed by atoms with E-state index in [0.717, 1.165) is 5.30 Å². The fourth-order valence-electron chi connectivity index (χ4n) is 5.23. The predicted octanol–water partition coefficient (Wildman–Crippen LogP) is 2.83. The van der Waals surface area contributed by atoms with Gasteiger partial charge in [0.15, 0.2) is 17.9 Å². The van der Waals surface area contributed by atoms with Crippen LogP contribution in [0.5, 0.6) is 0 Å². The van der Waals surface area contributed by atoms with Crippen molar-refractivity contribution in [3.8, 4) is 0 Å². The summed E-state index contributed by atoms with van der Waals surface area (Å²) in [4.78, 5) is 0. The molecule has 4 heterocycles. The molecule has 0 radical (unpaired) electrons. The molecule has 4 fully saturated rings. The van der Waals surface area contributed by atoms with Gasteiger partial charge in [-0.2, -0.15) is 0 Å². The zero-order valence-electron chi connectivity index (χ0n) is 19.3. The Labute approximate surface area is 189 Å². The third-order valence-corrected chi connectivity index (χ3v) is 10.1. The van der Waals surface area contributed by atoms with Crippen LogP contribution >= 0.6 is 7.14 Å². The molecule has 0 spiro atoms. The van der Waals surface area contributed by atoms with Crippen LogP contribution in [0, 0.1) is 0 Å². The molecule has 5 rings (SSSR count). The zero-order chi connectivity index (χ0) is 22.7. The molecular weight excluding hydrogens is 435 g/mol. The van der Waals surface area contributed by atoms with E-state index in [1.807, 2.05) is 58.0 Å². The van der Waals surface area contributed by atoms with Crippen molar-refractivity contribution in [2.45, 2.75) is 88.3 Å². The average Bonchev–Trinajstić information content (AvgIpc) is 3.44. The summed E-state index contributed by atoms with van der Waals surface area (Å²) in [5.74, 6) is -2.11. The second-order valence-electron chi connectivity index (χ2n) is 9.85. The Hall–Kier alpha value is -0.830. The van der Waals surface area contributed by atoms with Crippen molar-refractivity contribution in [1.29, 1.82) is 0 Å². The standard InChI is InChI=1S/C23H33O8P/c1-22(2)26-13-16(29-22)17-18(19-20(27-17)31-23(3,4)30-19)28-21-15(25-5)11-12-32(21,24)14-9-7-6-8-10-14/h6-10,15-21H,11-13H2,1-5H3/t15-,16+,17+,18-,19+,20+,21-,32-/m0/s1. The van der Waals surface area contributed by atoms with E-state index in [2.05, 4.69) is 0 Å². The Morgan fingerprint density at radius 3 is 2.41 bits per heavy atom. The summed E-state index contributed by atoms with van der Waals surface area (Å²) in [5.41, 5.74) is 0. The fourth-order valence-corrected chi connectivity index (χ4v) is 8.50. The highest BCUT2D eigenvalue weighted by atomic mass is 31.2. The van der Waals surface area contributed by atoms with Gasteiger partial charge in [-0.05, 0) is 34.1 Å². The molecule has 1 aromatic carbocycles. The minimum Gasteiger partial charge on any atom is -0.378 e. The first-order chi connectivity index (χ1) is 15.1. The molecule has 8 atom stereocenters. The van der Waals surface area contributed by atoms with E-state index in [9.17, 15) is 4.57 Å². The molecule has 4 aliphatic heterocycles. The number of methoxy groups -OCH3 is 1. The molecule has 4 aliphatic rings. The topological polar surface area (TPSA) is 81.7 Å². The number of fused-ring (bicyclic) bond motifs is 1. The molecule has 0 amide bonds. The normalized spacial score (nSPS) is 44.7. The third-order valence-electron chi connectivity index (χ3n) is 6.69. The molecule has 32 heavy (non-hydrogen) atoms. The Bertz CT molecular complexity index is 874. The van der Waals surface area contributed by atoms with Crippen LogP contribution in [0.25, 0.3) is 0 Å². The molecule has 9 heteroatoms. The average molecular weight is 468 g/mol. The van der Waals surface area contributed by atoms with Crippen LogP contribution in [-0.2, 0) is 37.7 Å². The van der Waals surface area contributed by atoms with Crippen LogP contribution in [0.15, 0.2) is 30.3 Å². The van der Waals surface area contributed by atoms with Gasteiger partial charge in [-0.1, -0.05) is 30.3 Å². The molecule has 0 aliphatic carbocycles. The predicted molar refractivity (Wildman–Crippen MR) is 116 cm³/mol. The highest BCUT2D eigenvalue weighted by Gasteiger charge is 2.61. The summed E-state index contributed by atoms with van der Waals surface area (Å²) in [6, 6.07) is 9.56. The molecule has 1 aromatic rings. The third kappa shape index (κ3) is 3.99. The van der Waals surface area contributed by atoms with Crippen molar-refractivity contribution in [3.05, 3.63) is 30.3 Å². The summed E-state index contributed by atoms with van der Waals surface area (Å²) >= 11 is 0. The van der Waals surface area contributed by atoms with E-state index in [4.69, 9.17) is 33.2 Å². The first kappa shape index (κ1) is 22.9. The van der Waals surface area contributed by atoms with Gasteiger partial charge < -0.3 is 37.7 Å². The number of hydrogen-bond acceptors (Lipinski definition) is 8. The van der Waals surface area contributed by atoms with Crippen molar-refractivity contribution in [2.24, 2.45) is 0 Å². The molecule has 0 bridgehead atoms. The second-order valence-corrected chi connectivity index (χ2v) is 12.9. The highest BCUT2D eigenvalue weighted by Crippen LogP contribution is 2.59. The number of ether oxygens (including phenoxy) is 7. The molecular formula is C23H33O8P. The Balaban J connectivity index is 1.46. The molecule has 0 saturated carbocycles. The summed E-state index contributed by atoms with van der Waals surface area (Å²) in [6.45, 7) is 7.81. The minimum absolute atomic E-state index is 0.284. The van der Waals surface area contributed by atoms with Gasteiger partial charge in [-0.25, -0.2) is 0 Å². The maximum Gasteiger partial charge on any atom is 0.190 e. The van der Waals surface area contributed by atoms with Crippen molar-refractivity contribution >= 4 is 12.4 Å². The van der Waals surface area contributed by atoms with Gasteiger partial charge in [0.2, 0.25) is 0 Å². The molecule has 0 aromatic heterocycles. The van der Waals surface area contributed by atoms with Gasteiger partial charge >= 0.3 is 0 Å². The van der Waals surface area contributed by atoms with Crippen molar-refractivity contribution in [3.63, 3.8) is 0 Å². The molecule has 0 unspecified atom stereocenters. The summed E-state index contributed by atoms with van der Waals surface area (Å²) < 4.78 is 57.0. The van der Waals surface area contributed by atoms with Gasteiger partial charge in [0, 0.05) is 18.6 Å². The molecule has 8 nitrogen and oxygen atoms in total. The maximum absolute atomic E-state index is 14.3. The number of rotatable bonds is 5. The fraction of sp³-hybridized carbons (Fsp3) is 0.739. The van der Waals surface area contributed by atoms with E-state index in [1.54, 1.807) is 7.11 Å². The van der Waals surface area contributed by atoms with Crippen LogP contribution in [0.1, 0.15) is 34.1 Å². The molecule has 178 valence electrons. The highest BCUT2D eigenvalue weighted by molar-refractivity contribution is 7.72. The summed E-state index contributed by atoms with van der Waals surface area (Å²) in [5, 5.41) is 0.807. The largest absolute Gasteiger partial charge is 0.378 e. The summed E-state index contributed by atoms with van der Waals surface area (Å²) in [6.07, 6.45) is -1.52. The van der Waals surface area contributed by atoms with Gasteiger partial charge in [-0.3, -0.25) is 0 Å². The first-order valence-corrected chi connectivity index (χ1v) is 13.2. The number of benzene rings is 1. The van der Waals surface area contributed by atoms with Crippen LogP contribution in [0.3, 0.4) is 0 Å². The van der Waals surface area contributed by atoms with Crippen LogP contribution in [0.4, 0.5) is 0 Å².